The summed E-state index contributed by atoms with van der Waals surface area (Å²) in [5.41, 5.74) is 1.80. The van der Waals surface area contributed by atoms with Gasteiger partial charge in [0.05, 0.1) is 11.6 Å². The maximum atomic E-state index is 12.4. The minimum absolute atomic E-state index is 0.115. The lowest BCUT2D eigenvalue weighted by Gasteiger charge is -2.07. The Bertz CT molecular complexity index is 1080. The average Bonchev–Trinajstić information content (AvgIpc) is 2.93. The molecule has 0 aliphatic heterocycles. The predicted molar refractivity (Wildman–Crippen MR) is 89.3 cm³/mol. The smallest absolute Gasteiger partial charge is 0.256 e. The molecule has 2 aromatic carbocycles. The number of nitrogens with zero attached hydrogens (tertiary/aromatic N) is 2. The summed E-state index contributed by atoms with van der Waals surface area (Å²) >= 11 is 6.11. The highest BCUT2D eigenvalue weighted by Crippen LogP contribution is 2.31. The molecule has 0 radical (unpaired) electrons. The second-order valence-corrected chi connectivity index (χ2v) is 5.72. The highest BCUT2D eigenvalue weighted by atomic mass is 35.5. The molecule has 22 heavy (non-hydrogen) atoms. The fourth-order valence-electron chi connectivity index (χ4n) is 2.85. The van der Waals surface area contributed by atoms with Crippen LogP contribution in [0.2, 0.25) is 5.02 Å². The number of pyridine rings is 1. The highest BCUT2D eigenvalue weighted by molar-refractivity contribution is 6.32. The molecule has 108 valence electrons. The maximum absolute atomic E-state index is 12.4. The average molecular weight is 310 g/mol. The normalized spacial score (nSPS) is 11.4. The van der Waals surface area contributed by atoms with Crippen molar-refractivity contribution in [1.29, 1.82) is 0 Å². The van der Waals surface area contributed by atoms with Gasteiger partial charge < -0.3 is 4.98 Å². The van der Waals surface area contributed by atoms with E-state index >= 15 is 0 Å². The van der Waals surface area contributed by atoms with Crippen molar-refractivity contribution in [3.05, 3.63) is 64.3 Å². The fraction of sp³-hybridized carbons (Fsp3) is 0.0588. The van der Waals surface area contributed by atoms with Crippen LogP contribution in [-0.4, -0.2) is 14.8 Å². The molecular weight excluding hydrogens is 298 g/mol. The Morgan fingerprint density at radius 3 is 2.77 bits per heavy atom. The van der Waals surface area contributed by atoms with E-state index in [-0.39, 0.29) is 5.56 Å². The van der Waals surface area contributed by atoms with Gasteiger partial charge in [-0.1, -0.05) is 29.8 Å². The second kappa shape index (κ2) is 4.71. The second-order valence-electron chi connectivity index (χ2n) is 5.29. The first kappa shape index (κ1) is 13.1. The summed E-state index contributed by atoms with van der Waals surface area (Å²) < 4.78 is 1.74. The van der Waals surface area contributed by atoms with Gasteiger partial charge in [0.1, 0.15) is 0 Å². The van der Waals surface area contributed by atoms with Crippen molar-refractivity contribution < 1.29 is 0 Å². The highest BCUT2D eigenvalue weighted by Gasteiger charge is 2.11. The van der Waals surface area contributed by atoms with Crippen LogP contribution >= 0.6 is 11.6 Å². The summed E-state index contributed by atoms with van der Waals surface area (Å²) in [7, 11) is 1.87. The summed E-state index contributed by atoms with van der Waals surface area (Å²) in [5, 5.41) is 8.22. The topological polar surface area (TPSA) is 50.7 Å². The molecule has 0 fully saturated rings. The number of hydrogen-bond donors (Lipinski definition) is 1. The first-order valence-electron chi connectivity index (χ1n) is 6.86. The van der Waals surface area contributed by atoms with Crippen LogP contribution in [0.15, 0.2) is 53.7 Å². The number of hydrogen-bond acceptors (Lipinski definition) is 2. The van der Waals surface area contributed by atoms with Gasteiger partial charge in [0.2, 0.25) is 0 Å². The van der Waals surface area contributed by atoms with Crippen molar-refractivity contribution in [2.45, 2.75) is 0 Å². The Hall–Kier alpha value is -2.59. The third-order valence-corrected chi connectivity index (χ3v) is 4.10. The minimum atomic E-state index is -0.115. The number of H-pyrrole nitrogens is 1. The van der Waals surface area contributed by atoms with Crippen LogP contribution in [0.3, 0.4) is 0 Å². The van der Waals surface area contributed by atoms with Crippen molar-refractivity contribution in [2.24, 2.45) is 7.05 Å². The largest absolute Gasteiger partial charge is 0.328 e. The van der Waals surface area contributed by atoms with E-state index in [1.807, 2.05) is 43.6 Å². The van der Waals surface area contributed by atoms with Gasteiger partial charge in [-0.05, 0) is 28.3 Å². The van der Waals surface area contributed by atoms with E-state index in [2.05, 4.69) is 10.1 Å². The fourth-order valence-corrected chi connectivity index (χ4v) is 3.02. The van der Waals surface area contributed by atoms with Crippen LogP contribution in [0.25, 0.3) is 32.7 Å². The Morgan fingerprint density at radius 1 is 1.18 bits per heavy atom. The third kappa shape index (κ3) is 1.92. The van der Waals surface area contributed by atoms with Crippen molar-refractivity contribution in [3.63, 3.8) is 0 Å². The van der Waals surface area contributed by atoms with E-state index in [0.29, 0.717) is 10.4 Å². The molecule has 0 amide bonds. The molecule has 0 aliphatic carbocycles. The number of halogens is 1. The number of aromatic nitrogens is 3. The summed E-state index contributed by atoms with van der Waals surface area (Å²) in [6, 6.07) is 9.57. The molecule has 4 nitrogen and oxygen atoms in total. The molecule has 0 unspecified atom stereocenters. The zero-order valence-corrected chi connectivity index (χ0v) is 12.6. The van der Waals surface area contributed by atoms with Crippen LogP contribution in [0.1, 0.15) is 0 Å². The molecule has 0 saturated heterocycles. The molecule has 5 heteroatoms. The van der Waals surface area contributed by atoms with E-state index < -0.39 is 0 Å². The van der Waals surface area contributed by atoms with E-state index in [9.17, 15) is 4.79 Å². The number of benzene rings is 2. The molecule has 2 heterocycles. The van der Waals surface area contributed by atoms with Crippen molar-refractivity contribution >= 4 is 33.1 Å². The zero-order chi connectivity index (χ0) is 15.3. The van der Waals surface area contributed by atoms with Gasteiger partial charge in [0, 0.05) is 35.6 Å². The summed E-state index contributed by atoms with van der Waals surface area (Å²) in [5.74, 6) is 0. The Labute approximate surface area is 131 Å². The first-order valence-corrected chi connectivity index (χ1v) is 7.24. The van der Waals surface area contributed by atoms with Crippen LogP contribution in [0, 0.1) is 0 Å². The van der Waals surface area contributed by atoms with Gasteiger partial charge in [-0.25, -0.2) is 0 Å². The van der Waals surface area contributed by atoms with Crippen LogP contribution in [0.5, 0.6) is 0 Å². The molecule has 0 aliphatic rings. The number of aromatic amines is 1. The lowest BCUT2D eigenvalue weighted by molar-refractivity contribution is 0.768. The molecule has 0 spiro atoms. The molecular formula is C17H12ClN3O. The summed E-state index contributed by atoms with van der Waals surface area (Å²) in [6.07, 6.45) is 5.45. The van der Waals surface area contributed by atoms with Gasteiger partial charge in [-0.2, -0.15) is 5.10 Å². The third-order valence-electron chi connectivity index (χ3n) is 3.86. The maximum Gasteiger partial charge on any atom is 0.256 e. The van der Waals surface area contributed by atoms with E-state index in [4.69, 9.17) is 11.6 Å². The predicted octanol–water partition coefficient (Wildman–Crippen LogP) is 3.74. The van der Waals surface area contributed by atoms with Gasteiger partial charge in [0.25, 0.3) is 5.56 Å². The lowest BCUT2D eigenvalue weighted by atomic mass is 9.98. The number of rotatable bonds is 1. The minimum Gasteiger partial charge on any atom is -0.328 e. The Balaban J connectivity index is 2.18. The van der Waals surface area contributed by atoms with Crippen LogP contribution in [0.4, 0.5) is 0 Å². The van der Waals surface area contributed by atoms with E-state index in [1.54, 1.807) is 17.1 Å². The molecule has 4 rings (SSSR count). The Kier molecular flexibility index (Phi) is 2.81. The number of nitrogens with one attached hydrogen (secondary N) is 1. The van der Waals surface area contributed by atoms with Crippen LogP contribution < -0.4 is 5.56 Å². The quantitative estimate of drug-likeness (QED) is 0.545. The van der Waals surface area contributed by atoms with E-state index in [1.165, 1.54) is 0 Å². The molecule has 0 atom stereocenters. The van der Waals surface area contributed by atoms with E-state index in [0.717, 1.165) is 27.3 Å². The van der Waals surface area contributed by atoms with Crippen LogP contribution in [-0.2, 0) is 7.05 Å². The van der Waals surface area contributed by atoms with Crippen molar-refractivity contribution in [1.82, 2.24) is 14.8 Å². The molecule has 4 aromatic rings. The number of aryl methyl sites for hydroxylation is 1. The van der Waals surface area contributed by atoms with Crippen molar-refractivity contribution in [3.8, 4) is 11.1 Å². The first-order chi connectivity index (χ1) is 10.6. The molecule has 2 aromatic heterocycles. The van der Waals surface area contributed by atoms with Gasteiger partial charge >= 0.3 is 0 Å². The Morgan fingerprint density at radius 2 is 2.00 bits per heavy atom. The van der Waals surface area contributed by atoms with Crippen molar-refractivity contribution in [2.75, 3.05) is 0 Å². The van der Waals surface area contributed by atoms with Gasteiger partial charge in [0.15, 0.2) is 0 Å². The lowest BCUT2D eigenvalue weighted by Crippen LogP contribution is -2.06. The zero-order valence-electron chi connectivity index (χ0n) is 11.8. The van der Waals surface area contributed by atoms with Gasteiger partial charge in [-0.15, -0.1) is 0 Å². The molecule has 1 N–H and O–H groups in total. The SMILES string of the molecule is Cn1cc(-c2c[nH]c(=O)c3c2ccc2ccc(Cl)cc23)cn1. The molecule has 0 saturated carbocycles. The number of fused-ring (bicyclic) bond motifs is 3. The summed E-state index contributed by atoms with van der Waals surface area (Å²) in [6.45, 7) is 0. The molecule has 0 bridgehead atoms. The summed E-state index contributed by atoms with van der Waals surface area (Å²) in [4.78, 5) is 15.2. The standard InChI is InChI=1S/C17H12ClN3O/c1-21-9-11(7-20-21)15-8-19-17(22)16-13(15)5-3-10-2-4-12(18)6-14(10)16/h2-9H,1H3,(H,19,22). The van der Waals surface area contributed by atoms with Gasteiger partial charge in [-0.3, -0.25) is 9.48 Å². The monoisotopic (exact) mass is 309 g/mol.